The zero-order valence-electron chi connectivity index (χ0n) is 11.1. The second-order valence-electron chi connectivity index (χ2n) is 4.60. The van der Waals surface area contributed by atoms with Crippen molar-refractivity contribution in [3.63, 3.8) is 0 Å². The largest absolute Gasteiger partial charge is 0.480 e. The number of aromatic nitrogens is 1. The van der Waals surface area contributed by atoms with Crippen LogP contribution in [0.1, 0.15) is 19.4 Å². The molecule has 0 atom stereocenters. The summed E-state index contributed by atoms with van der Waals surface area (Å²) in [7, 11) is 0. The minimum Gasteiger partial charge on any atom is -0.480 e. The van der Waals surface area contributed by atoms with E-state index in [0.29, 0.717) is 6.54 Å². The van der Waals surface area contributed by atoms with E-state index in [-0.39, 0.29) is 23.0 Å². The van der Waals surface area contributed by atoms with E-state index in [0.717, 1.165) is 6.07 Å². The van der Waals surface area contributed by atoms with Crippen LogP contribution < -0.4 is 4.90 Å². The van der Waals surface area contributed by atoms with Crippen LogP contribution in [0.3, 0.4) is 0 Å². The fourth-order valence-corrected chi connectivity index (χ4v) is 1.72. The molecule has 106 valence electrons. The lowest BCUT2D eigenvalue weighted by Gasteiger charge is -2.23. The number of carbonyl (C=O) groups is 1. The molecule has 8 nitrogen and oxygen atoms in total. The van der Waals surface area contributed by atoms with E-state index in [2.05, 4.69) is 4.98 Å². The molecule has 0 saturated carbocycles. The Bertz CT molecular complexity index is 565. The highest BCUT2D eigenvalue weighted by Crippen LogP contribution is 2.26. The number of anilines is 1. The minimum atomic E-state index is -1.11. The number of nitro groups is 1. The van der Waals surface area contributed by atoms with Crippen LogP contribution >= 0.6 is 0 Å². The molecule has 1 aromatic rings. The van der Waals surface area contributed by atoms with Crippen molar-refractivity contribution in [3.05, 3.63) is 27.9 Å². The number of hydrogen-bond acceptors (Lipinski definition) is 6. The summed E-state index contributed by atoms with van der Waals surface area (Å²) in [5.74, 6) is -1.04. The Morgan fingerprint density at radius 2 is 2.30 bits per heavy atom. The molecule has 0 bridgehead atoms. The molecule has 1 aromatic heterocycles. The predicted molar refractivity (Wildman–Crippen MR) is 70.3 cm³/mol. The zero-order chi connectivity index (χ0) is 15.3. The lowest BCUT2D eigenvalue weighted by molar-refractivity contribution is -0.384. The normalized spacial score (nSPS) is 10.1. The van der Waals surface area contributed by atoms with Gasteiger partial charge in [0.1, 0.15) is 12.6 Å². The van der Waals surface area contributed by atoms with E-state index in [4.69, 9.17) is 10.4 Å². The molecule has 0 aromatic carbocycles. The molecule has 0 saturated heterocycles. The van der Waals surface area contributed by atoms with Gasteiger partial charge in [-0.3, -0.25) is 14.9 Å². The lowest BCUT2D eigenvalue weighted by atomic mass is 10.2. The highest BCUT2D eigenvalue weighted by atomic mass is 16.6. The quantitative estimate of drug-likeness (QED) is 0.616. The molecule has 0 aliphatic heterocycles. The first kappa shape index (κ1) is 15.4. The average molecular weight is 278 g/mol. The Labute approximate surface area is 115 Å². The molecular weight excluding hydrogens is 264 g/mol. The van der Waals surface area contributed by atoms with E-state index in [1.807, 2.05) is 13.8 Å². The van der Waals surface area contributed by atoms with Crippen LogP contribution in [0.2, 0.25) is 0 Å². The van der Waals surface area contributed by atoms with Gasteiger partial charge in [-0.2, -0.15) is 5.26 Å². The van der Waals surface area contributed by atoms with Crippen molar-refractivity contribution < 1.29 is 14.8 Å². The van der Waals surface area contributed by atoms with Crippen LogP contribution in [-0.4, -0.2) is 34.1 Å². The first-order chi connectivity index (χ1) is 9.35. The SMILES string of the molecule is CC(C)CN(CC(=O)O)c1ncc(C#N)cc1[N+](=O)[O-]. The zero-order valence-corrected chi connectivity index (χ0v) is 11.1. The molecule has 1 rings (SSSR count). The van der Waals surface area contributed by atoms with E-state index in [1.165, 1.54) is 11.1 Å². The van der Waals surface area contributed by atoms with Gasteiger partial charge in [-0.05, 0) is 5.92 Å². The summed E-state index contributed by atoms with van der Waals surface area (Å²) in [6.45, 7) is 3.65. The highest BCUT2D eigenvalue weighted by Gasteiger charge is 2.24. The average Bonchev–Trinajstić information content (AvgIpc) is 2.36. The Hall–Kier alpha value is -2.69. The summed E-state index contributed by atoms with van der Waals surface area (Å²) in [5.41, 5.74) is -0.314. The molecule has 20 heavy (non-hydrogen) atoms. The molecule has 1 heterocycles. The molecule has 0 aliphatic rings. The summed E-state index contributed by atoms with van der Waals surface area (Å²) in [6, 6.07) is 2.86. The maximum absolute atomic E-state index is 11.0. The third-order valence-electron chi connectivity index (χ3n) is 2.38. The minimum absolute atomic E-state index is 0.0369. The second-order valence-corrected chi connectivity index (χ2v) is 4.60. The van der Waals surface area contributed by atoms with Crippen molar-refractivity contribution in [2.45, 2.75) is 13.8 Å². The summed E-state index contributed by atoms with van der Waals surface area (Å²) in [6.07, 6.45) is 1.19. The van der Waals surface area contributed by atoms with E-state index in [1.54, 1.807) is 6.07 Å². The van der Waals surface area contributed by atoms with Gasteiger partial charge in [0.25, 0.3) is 0 Å². The lowest BCUT2D eigenvalue weighted by Crippen LogP contribution is -2.34. The molecule has 0 spiro atoms. The number of nitrogens with zero attached hydrogens (tertiary/aromatic N) is 4. The number of carboxylic acids is 1. The highest BCUT2D eigenvalue weighted by molar-refractivity contribution is 5.75. The fourth-order valence-electron chi connectivity index (χ4n) is 1.72. The fraction of sp³-hybridized carbons (Fsp3) is 0.417. The molecule has 0 radical (unpaired) electrons. The molecule has 0 fully saturated rings. The van der Waals surface area contributed by atoms with Gasteiger partial charge in [-0.25, -0.2) is 4.98 Å². The van der Waals surface area contributed by atoms with Crippen LogP contribution in [0.4, 0.5) is 11.5 Å². The van der Waals surface area contributed by atoms with Crippen LogP contribution in [0.15, 0.2) is 12.3 Å². The number of rotatable bonds is 6. The van der Waals surface area contributed by atoms with Gasteiger partial charge in [0.15, 0.2) is 0 Å². The van der Waals surface area contributed by atoms with E-state index >= 15 is 0 Å². The molecule has 0 aliphatic carbocycles. The Kier molecular flexibility index (Phi) is 4.97. The third-order valence-corrected chi connectivity index (χ3v) is 2.38. The Balaban J connectivity index is 3.27. The van der Waals surface area contributed by atoms with Crippen molar-refractivity contribution in [1.82, 2.24) is 4.98 Å². The number of hydrogen-bond donors (Lipinski definition) is 1. The Morgan fingerprint density at radius 1 is 1.65 bits per heavy atom. The van der Waals surface area contributed by atoms with Gasteiger partial charge in [0, 0.05) is 18.8 Å². The van der Waals surface area contributed by atoms with Gasteiger partial charge >= 0.3 is 11.7 Å². The van der Waals surface area contributed by atoms with Gasteiger partial charge in [-0.15, -0.1) is 0 Å². The molecular formula is C12H14N4O4. The maximum Gasteiger partial charge on any atom is 0.323 e. The standard InChI is InChI=1S/C12H14N4O4/c1-8(2)6-15(7-11(17)18)12-10(16(19)20)3-9(4-13)5-14-12/h3,5,8H,6-7H2,1-2H3,(H,17,18). The van der Waals surface area contributed by atoms with Gasteiger partial charge in [0.05, 0.1) is 10.5 Å². The molecule has 1 N–H and O–H groups in total. The molecule has 0 amide bonds. The van der Waals surface area contributed by atoms with Crippen molar-refractivity contribution in [1.29, 1.82) is 5.26 Å². The summed E-state index contributed by atoms with van der Waals surface area (Å²) >= 11 is 0. The number of nitriles is 1. The number of aliphatic carboxylic acids is 1. The van der Waals surface area contributed by atoms with Crippen LogP contribution in [0.5, 0.6) is 0 Å². The van der Waals surface area contributed by atoms with Crippen LogP contribution in [0.25, 0.3) is 0 Å². The monoisotopic (exact) mass is 278 g/mol. The van der Waals surface area contributed by atoms with E-state index in [9.17, 15) is 14.9 Å². The second kappa shape index (κ2) is 6.47. The molecule has 8 heteroatoms. The number of pyridine rings is 1. The van der Waals surface area contributed by atoms with Crippen molar-refractivity contribution >= 4 is 17.5 Å². The van der Waals surface area contributed by atoms with Crippen LogP contribution in [-0.2, 0) is 4.79 Å². The van der Waals surface area contributed by atoms with E-state index < -0.39 is 17.4 Å². The van der Waals surface area contributed by atoms with Crippen molar-refractivity contribution in [2.75, 3.05) is 18.0 Å². The summed E-state index contributed by atoms with van der Waals surface area (Å²) < 4.78 is 0. The Morgan fingerprint density at radius 3 is 2.75 bits per heavy atom. The van der Waals surface area contributed by atoms with Crippen molar-refractivity contribution in [2.24, 2.45) is 5.92 Å². The first-order valence-electron chi connectivity index (χ1n) is 5.86. The summed E-state index contributed by atoms with van der Waals surface area (Å²) in [4.78, 5) is 26.5. The van der Waals surface area contributed by atoms with Crippen LogP contribution in [0, 0.1) is 27.4 Å². The maximum atomic E-state index is 11.0. The summed E-state index contributed by atoms with van der Waals surface area (Å²) in [5, 5.41) is 28.7. The smallest absolute Gasteiger partial charge is 0.323 e. The van der Waals surface area contributed by atoms with Gasteiger partial charge in [-0.1, -0.05) is 13.8 Å². The van der Waals surface area contributed by atoms with Gasteiger partial charge < -0.3 is 10.0 Å². The topological polar surface area (TPSA) is 120 Å². The first-order valence-corrected chi connectivity index (χ1v) is 5.86. The van der Waals surface area contributed by atoms with Crippen molar-refractivity contribution in [3.8, 4) is 6.07 Å². The number of carboxylic acid groups (broad SMARTS) is 1. The van der Waals surface area contributed by atoms with Gasteiger partial charge in [0.2, 0.25) is 5.82 Å². The third kappa shape index (κ3) is 3.91. The molecule has 0 unspecified atom stereocenters. The predicted octanol–water partition coefficient (Wildman–Crippen LogP) is 1.41.